The summed E-state index contributed by atoms with van der Waals surface area (Å²) >= 11 is 0. The van der Waals surface area contributed by atoms with Crippen molar-refractivity contribution in [1.29, 1.82) is 5.26 Å². The normalized spacial score (nSPS) is 11.4. The van der Waals surface area contributed by atoms with Gasteiger partial charge in [-0.3, -0.25) is 0 Å². The van der Waals surface area contributed by atoms with Crippen LogP contribution < -0.4 is 4.74 Å². The van der Waals surface area contributed by atoms with Crippen molar-refractivity contribution in [3.05, 3.63) is 82.1 Å². The Morgan fingerprint density at radius 1 is 1.26 bits per heavy atom. The molecule has 140 valence electrons. The number of nitriles is 1. The second-order valence-corrected chi connectivity index (χ2v) is 6.81. The lowest BCUT2D eigenvalue weighted by Gasteiger charge is -2.25. The van der Waals surface area contributed by atoms with Gasteiger partial charge in [-0.25, -0.2) is 4.98 Å². The number of aromatic nitrogens is 1. The lowest BCUT2D eigenvalue weighted by atomic mass is 9.80. The van der Waals surface area contributed by atoms with Crippen LogP contribution in [0.4, 0.5) is 0 Å². The molecule has 0 bridgehead atoms. The third-order valence-corrected chi connectivity index (χ3v) is 4.68. The molecule has 3 heteroatoms. The van der Waals surface area contributed by atoms with Crippen LogP contribution in [0, 0.1) is 18.3 Å². The predicted molar refractivity (Wildman–Crippen MR) is 111 cm³/mol. The monoisotopic (exact) mass is 360 g/mol. The van der Waals surface area contributed by atoms with E-state index in [1.165, 1.54) is 11.1 Å². The minimum atomic E-state index is -0.0378. The fraction of sp³-hybridized carbons (Fsp3) is 0.333. The Kier molecular flexibility index (Phi) is 6.96. The van der Waals surface area contributed by atoms with Crippen LogP contribution >= 0.6 is 0 Å². The highest BCUT2D eigenvalue weighted by atomic mass is 16.5. The Labute approximate surface area is 163 Å². The maximum Gasteiger partial charge on any atom is 0.217 e. The number of pyridine rings is 1. The van der Waals surface area contributed by atoms with Crippen LogP contribution in [0.5, 0.6) is 5.88 Å². The highest BCUT2D eigenvalue weighted by Crippen LogP contribution is 2.40. The van der Waals surface area contributed by atoms with E-state index in [1.54, 1.807) is 0 Å². The largest absolute Gasteiger partial charge is 0.478 e. The maximum atomic E-state index is 9.29. The van der Waals surface area contributed by atoms with E-state index in [1.807, 2.05) is 38.3 Å². The second-order valence-electron chi connectivity index (χ2n) is 6.81. The van der Waals surface area contributed by atoms with E-state index in [2.05, 4.69) is 50.5 Å². The molecular formula is C24H28N2O. The molecule has 1 aromatic carbocycles. The van der Waals surface area contributed by atoms with Crippen LogP contribution in [0.15, 0.2) is 54.3 Å². The second kappa shape index (κ2) is 9.19. The van der Waals surface area contributed by atoms with Crippen molar-refractivity contribution < 1.29 is 4.74 Å². The van der Waals surface area contributed by atoms with Gasteiger partial charge in [0, 0.05) is 17.7 Å². The molecule has 1 atom stereocenters. The Bertz CT molecular complexity index is 899. The number of hydrogen-bond donors (Lipinski definition) is 0. The molecular weight excluding hydrogens is 332 g/mol. The van der Waals surface area contributed by atoms with Crippen LogP contribution in [0.2, 0.25) is 0 Å². The first-order valence-corrected chi connectivity index (χ1v) is 9.38. The van der Waals surface area contributed by atoms with E-state index in [4.69, 9.17) is 4.74 Å². The quantitative estimate of drug-likeness (QED) is 0.579. The third kappa shape index (κ3) is 4.46. The smallest absolute Gasteiger partial charge is 0.217 e. The molecule has 0 aliphatic heterocycles. The molecule has 27 heavy (non-hydrogen) atoms. The number of nitrogens with zero attached hydrogens (tertiary/aromatic N) is 2. The van der Waals surface area contributed by atoms with Gasteiger partial charge in [-0.05, 0) is 74.6 Å². The topological polar surface area (TPSA) is 45.9 Å². The van der Waals surface area contributed by atoms with Gasteiger partial charge in [0.1, 0.15) is 0 Å². The summed E-state index contributed by atoms with van der Waals surface area (Å²) in [7, 11) is 0. The summed E-state index contributed by atoms with van der Waals surface area (Å²) in [6.07, 6.45) is 4.61. The molecule has 1 aromatic heterocycles. The summed E-state index contributed by atoms with van der Waals surface area (Å²) in [5.74, 6) is 0.615. The average molecular weight is 361 g/mol. The molecule has 1 heterocycles. The Morgan fingerprint density at radius 3 is 2.56 bits per heavy atom. The number of ether oxygens (including phenoxy) is 1. The van der Waals surface area contributed by atoms with Crippen molar-refractivity contribution in [2.75, 3.05) is 6.61 Å². The third-order valence-electron chi connectivity index (χ3n) is 4.68. The zero-order valence-electron chi connectivity index (χ0n) is 17.0. The van der Waals surface area contributed by atoms with E-state index in [0.29, 0.717) is 18.1 Å². The summed E-state index contributed by atoms with van der Waals surface area (Å²) in [6, 6.07) is 10.3. The van der Waals surface area contributed by atoms with Crippen LogP contribution in [0.3, 0.4) is 0 Å². The van der Waals surface area contributed by atoms with E-state index in [0.717, 1.165) is 28.7 Å². The summed E-state index contributed by atoms with van der Waals surface area (Å²) in [5.41, 5.74) is 7.46. The molecule has 0 saturated carbocycles. The number of rotatable bonds is 7. The number of hydrogen-bond acceptors (Lipinski definition) is 3. The van der Waals surface area contributed by atoms with Gasteiger partial charge < -0.3 is 4.74 Å². The fourth-order valence-electron chi connectivity index (χ4n) is 3.42. The van der Waals surface area contributed by atoms with Gasteiger partial charge in [-0.15, -0.1) is 0 Å². The van der Waals surface area contributed by atoms with Crippen LogP contribution in [-0.4, -0.2) is 11.6 Å². The summed E-state index contributed by atoms with van der Waals surface area (Å²) < 4.78 is 5.87. The van der Waals surface area contributed by atoms with Crippen LogP contribution in [0.25, 0.3) is 0 Å². The van der Waals surface area contributed by atoms with Gasteiger partial charge in [-0.1, -0.05) is 31.2 Å². The lowest BCUT2D eigenvalue weighted by Crippen LogP contribution is -2.11. The molecule has 0 N–H and O–H groups in total. The number of allylic oxidation sites excluding steroid dienone is 3. The number of benzene rings is 1. The molecule has 1 unspecified atom stereocenters. The molecule has 0 radical (unpaired) electrons. The SMILES string of the molecule is C=CC(=C(C)C)C(c1ccc(C#N)cc1CC)c1cc(C)cnc1OCC. The van der Waals surface area contributed by atoms with E-state index < -0.39 is 0 Å². The molecule has 3 nitrogen and oxygen atoms in total. The van der Waals surface area contributed by atoms with Crippen molar-refractivity contribution in [3.63, 3.8) is 0 Å². The number of aryl methyl sites for hydroxylation is 2. The van der Waals surface area contributed by atoms with Crippen molar-refractivity contribution in [2.45, 2.75) is 47.0 Å². The first-order chi connectivity index (χ1) is 13.0. The van der Waals surface area contributed by atoms with Crippen molar-refractivity contribution in [2.24, 2.45) is 0 Å². The van der Waals surface area contributed by atoms with Crippen molar-refractivity contribution in [1.82, 2.24) is 4.98 Å². The molecule has 0 saturated heterocycles. The Hall–Kier alpha value is -2.86. The van der Waals surface area contributed by atoms with Gasteiger partial charge in [0.05, 0.1) is 18.2 Å². The Balaban J connectivity index is 2.84. The minimum Gasteiger partial charge on any atom is -0.478 e. The lowest BCUT2D eigenvalue weighted by molar-refractivity contribution is 0.322. The van der Waals surface area contributed by atoms with E-state index in [9.17, 15) is 5.26 Å². The Morgan fingerprint density at radius 2 is 2.00 bits per heavy atom. The highest BCUT2D eigenvalue weighted by molar-refractivity contribution is 5.53. The van der Waals surface area contributed by atoms with Gasteiger partial charge in [-0.2, -0.15) is 5.26 Å². The molecule has 0 amide bonds. The summed E-state index contributed by atoms with van der Waals surface area (Å²) in [5, 5.41) is 9.29. The first kappa shape index (κ1) is 20.5. The van der Waals surface area contributed by atoms with Gasteiger partial charge in [0.15, 0.2) is 0 Å². The molecule has 0 fully saturated rings. The molecule has 0 aliphatic rings. The average Bonchev–Trinajstić information content (AvgIpc) is 2.67. The molecule has 0 aliphatic carbocycles. The summed E-state index contributed by atoms with van der Waals surface area (Å²) in [6.45, 7) is 15.0. The fourth-order valence-corrected chi connectivity index (χ4v) is 3.42. The van der Waals surface area contributed by atoms with Crippen molar-refractivity contribution in [3.8, 4) is 11.9 Å². The van der Waals surface area contributed by atoms with Gasteiger partial charge in [0.25, 0.3) is 0 Å². The zero-order chi connectivity index (χ0) is 20.0. The molecule has 2 rings (SSSR count). The summed E-state index contributed by atoms with van der Waals surface area (Å²) in [4.78, 5) is 4.55. The van der Waals surface area contributed by atoms with Crippen LogP contribution in [0.1, 0.15) is 61.4 Å². The highest BCUT2D eigenvalue weighted by Gasteiger charge is 2.25. The van der Waals surface area contributed by atoms with E-state index >= 15 is 0 Å². The predicted octanol–water partition coefficient (Wildman–Crippen LogP) is 5.88. The van der Waals surface area contributed by atoms with Crippen molar-refractivity contribution >= 4 is 0 Å². The molecule has 2 aromatic rings. The first-order valence-electron chi connectivity index (χ1n) is 9.38. The minimum absolute atomic E-state index is 0.0378. The van der Waals surface area contributed by atoms with E-state index in [-0.39, 0.29) is 5.92 Å². The van der Waals surface area contributed by atoms with Crippen LogP contribution in [-0.2, 0) is 6.42 Å². The maximum absolute atomic E-state index is 9.29. The van der Waals surface area contributed by atoms with Gasteiger partial charge in [0.2, 0.25) is 5.88 Å². The standard InChI is InChI=1S/C24H28N2O/c1-7-19-13-18(14-25)10-11-21(19)23(20(8-2)16(4)5)22-12-17(6)15-26-24(22)27-9-3/h8,10-13,15,23H,2,7,9H2,1,3-6H3. The molecule has 0 spiro atoms. The zero-order valence-corrected chi connectivity index (χ0v) is 17.0. The van der Waals surface area contributed by atoms with Gasteiger partial charge >= 0.3 is 0 Å².